The summed E-state index contributed by atoms with van der Waals surface area (Å²) in [5, 5.41) is 3.89. The quantitative estimate of drug-likeness (QED) is 0.696. The Kier molecular flexibility index (Phi) is 3.25. The zero-order valence-electron chi connectivity index (χ0n) is 10.0. The Balaban J connectivity index is 2.16. The van der Waals surface area contributed by atoms with E-state index in [4.69, 9.17) is 10.3 Å². The van der Waals surface area contributed by atoms with Crippen LogP contribution < -0.4 is 5.73 Å². The number of nitrogens with two attached hydrogens (primary N) is 1. The highest BCUT2D eigenvalue weighted by molar-refractivity contribution is 14.1. The van der Waals surface area contributed by atoms with Gasteiger partial charge in [0.25, 0.3) is 0 Å². The molecular formula is C15H11IN2O. The molecule has 0 amide bonds. The van der Waals surface area contributed by atoms with Gasteiger partial charge in [-0.1, -0.05) is 47.6 Å². The molecule has 0 aliphatic carbocycles. The first kappa shape index (κ1) is 12.2. The maximum Gasteiger partial charge on any atom is 0.176 e. The van der Waals surface area contributed by atoms with Gasteiger partial charge < -0.3 is 10.3 Å². The summed E-state index contributed by atoms with van der Waals surface area (Å²) in [5.41, 5.74) is 8.77. The summed E-state index contributed by atoms with van der Waals surface area (Å²) < 4.78 is 6.57. The highest BCUT2D eigenvalue weighted by atomic mass is 127. The van der Waals surface area contributed by atoms with Crippen molar-refractivity contribution in [2.75, 3.05) is 5.73 Å². The molecular weight excluding hydrogens is 351 g/mol. The molecule has 0 aliphatic rings. The molecule has 0 unspecified atom stereocenters. The molecule has 0 fully saturated rings. The van der Waals surface area contributed by atoms with E-state index >= 15 is 0 Å². The second kappa shape index (κ2) is 5.05. The Morgan fingerprint density at radius 3 is 2.26 bits per heavy atom. The van der Waals surface area contributed by atoms with Crippen LogP contribution >= 0.6 is 22.6 Å². The Morgan fingerprint density at radius 2 is 1.58 bits per heavy atom. The van der Waals surface area contributed by atoms with Crippen molar-refractivity contribution in [3.8, 4) is 22.5 Å². The lowest BCUT2D eigenvalue weighted by Gasteiger charge is -2.02. The summed E-state index contributed by atoms with van der Waals surface area (Å²) in [6.45, 7) is 0. The third-order valence-corrected chi connectivity index (χ3v) is 3.61. The number of aromatic nitrogens is 1. The third-order valence-electron chi connectivity index (χ3n) is 2.89. The standard InChI is InChI=1S/C15H11IN2O/c16-12-8-6-11(7-9-12)14-13(15(17)18-19-14)10-4-2-1-3-5-10/h1-9H,(H2,17,18). The highest BCUT2D eigenvalue weighted by Crippen LogP contribution is 2.36. The first-order valence-corrected chi connectivity index (χ1v) is 6.90. The molecule has 19 heavy (non-hydrogen) atoms. The normalized spacial score (nSPS) is 10.6. The Morgan fingerprint density at radius 1 is 0.895 bits per heavy atom. The van der Waals surface area contributed by atoms with Crippen LogP contribution in [-0.4, -0.2) is 5.16 Å². The van der Waals surface area contributed by atoms with Crippen LogP contribution in [0.5, 0.6) is 0 Å². The summed E-state index contributed by atoms with van der Waals surface area (Å²) >= 11 is 2.27. The molecule has 2 N–H and O–H groups in total. The van der Waals surface area contributed by atoms with Gasteiger partial charge in [-0.3, -0.25) is 0 Å². The van der Waals surface area contributed by atoms with Crippen molar-refractivity contribution in [2.24, 2.45) is 0 Å². The lowest BCUT2D eigenvalue weighted by Crippen LogP contribution is -1.88. The van der Waals surface area contributed by atoms with Crippen molar-refractivity contribution in [3.63, 3.8) is 0 Å². The number of anilines is 1. The van der Waals surface area contributed by atoms with E-state index < -0.39 is 0 Å². The first-order chi connectivity index (χ1) is 9.25. The van der Waals surface area contributed by atoms with E-state index in [-0.39, 0.29) is 0 Å². The largest absolute Gasteiger partial charge is 0.380 e. The van der Waals surface area contributed by atoms with E-state index in [1.807, 2.05) is 54.6 Å². The molecule has 3 rings (SSSR count). The Bertz CT molecular complexity index is 690. The number of nitrogen functional groups attached to an aromatic ring is 1. The van der Waals surface area contributed by atoms with Gasteiger partial charge in [-0.15, -0.1) is 0 Å². The molecule has 0 saturated heterocycles. The van der Waals surface area contributed by atoms with E-state index in [9.17, 15) is 0 Å². The zero-order chi connectivity index (χ0) is 13.2. The maximum absolute atomic E-state index is 5.93. The second-order valence-corrected chi connectivity index (χ2v) is 5.39. The molecule has 0 bridgehead atoms. The topological polar surface area (TPSA) is 52.0 Å². The minimum atomic E-state index is 0.416. The van der Waals surface area contributed by atoms with Gasteiger partial charge in [0.05, 0.1) is 5.56 Å². The molecule has 0 radical (unpaired) electrons. The lowest BCUT2D eigenvalue weighted by molar-refractivity contribution is 0.436. The fourth-order valence-electron chi connectivity index (χ4n) is 1.98. The molecule has 1 aromatic heterocycles. The number of benzene rings is 2. The van der Waals surface area contributed by atoms with Crippen LogP contribution in [0, 0.1) is 3.57 Å². The molecule has 0 spiro atoms. The van der Waals surface area contributed by atoms with Crippen LogP contribution in [0.15, 0.2) is 59.1 Å². The molecule has 94 valence electrons. The Labute approximate surface area is 124 Å². The van der Waals surface area contributed by atoms with Gasteiger partial charge in [-0.05, 0) is 40.3 Å². The molecule has 0 saturated carbocycles. The van der Waals surface area contributed by atoms with Gasteiger partial charge in [0.15, 0.2) is 11.6 Å². The SMILES string of the molecule is Nc1noc(-c2ccc(I)cc2)c1-c1ccccc1. The molecule has 1 heterocycles. The van der Waals surface area contributed by atoms with Crippen LogP contribution in [0.2, 0.25) is 0 Å². The van der Waals surface area contributed by atoms with E-state index in [1.165, 1.54) is 3.57 Å². The van der Waals surface area contributed by atoms with E-state index in [0.717, 1.165) is 16.7 Å². The predicted molar refractivity (Wildman–Crippen MR) is 84.5 cm³/mol. The third kappa shape index (κ3) is 2.35. The van der Waals surface area contributed by atoms with Crippen LogP contribution in [0.4, 0.5) is 5.82 Å². The van der Waals surface area contributed by atoms with Crippen molar-refractivity contribution < 1.29 is 4.52 Å². The van der Waals surface area contributed by atoms with Gasteiger partial charge >= 0.3 is 0 Å². The molecule has 3 nitrogen and oxygen atoms in total. The number of hydrogen-bond acceptors (Lipinski definition) is 3. The fraction of sp³-hybridized carbons (Fsp3) is 0. The van der Waals surface area contributed by atoms with Crippen LogP contribution in [0.1, 0.15) is 0 Å². The molecule has 2 aromatic carbocycles. The highest BCUT2D eigenvalue weighted by Gasteiger charge is 2.17. The molecule has 4 heteroatoms. The van der Waals surface area contributed by atoms with Gasteiger partial charge in [0.2, 0.25) is 0 Å². The monoisotopic (exact) mass is 362 g/mol. The fourth-order valence-corrected chi connectivity index (χ4v) is 2.34. The van der Waals surface area contributed by atoms with Crippen LogP contribution in [-0.2, 0) is 0 Å². The number of hydrogen-bond donors (Lipinski definition) is 1. The van der Waals surface area contributed by atoms with Crippen molar-refractivity contribution in [1.82, 2.24) is 5.16 Å². The van der Waals surface area contributed by atoms with E-state index in [1.54, 1.807) is 0 Å². The number of nitrogens with zero attached hydrogens (tertiary/aromatic N) is 1. The van der Waals surface area contributed by atoms with Gasteiger partial charge in [-0.25, -0.2) is 0 Å². The van der Waals surface area contributed by atoms with E-state index in [2.05, 4.69) is 27.7 Å². The van der Waals surface area contributed by atoms with Crippen molar-refractivity contribution in [3.05, 3.63) is 58.2 Å². The number of halogens is 1. The van der Waals surface area contributed by atoms with Crippen LogP contribution in [0.3, 0.4) is 0 Å². The van der Waals surface area contributed by atoms with Crippen molar-refractivity contribution in [1.29, 1.82) is 0 Å². The van der Waals surface area contributed by atoms with Gasteiger partial charge in [0.1, 0.15) is 0 Å². The van der Waals surface area contributed by atoms with Crippen molar-refractivity contribution in [2.45, 2.75) is 0 Å². The van der Waals surface area contributed by atoms with Crippen molar-refractivity contribution >= 4 is 28.4 Å². The van der Waals surface area contributed by atoms with Gasteiger partial charge in [-0.2, -0.15) is 0 Å². The molecule has 0 aliphatic heterocycles. The summed E-state index contributed by atoms with van der Waals surface area (Å²) in [6, 6.07) is 18.0. The average molecular weight is 362 g/mol. The summed E-state index contributed by atoms with van der Waals surface area (Å²) in [4.78, 5) is 0. The Hall–Kier alpha value is -1.82. The smallest absolute Gasteiger partial charge is 0.176 e. The second-order valence-electron chi connectivity index (χ2n) is 4.14. The van der Waals surface area contributed by atoms with E-state index in [0.29, 0.717) is 11.6 Å². The number of rotatable bonds is 2. The minimum absolute atomic E-state index is 0.416. The molecule has 3 aromatic rings. The predicted octanol–water partition coefficient (Wildman–Crippen LogP) is 4.20. The minimum Gasteiger partial charge on any atom is -0.380 e. The average Bonchev–Trinajstić information content (AvgIpc) is 2.82. The molecule has 0 atom stereocenters. The summed E-state index contributed by atoms with van der Waals surface area (Å²) in [7, 11) is 0. The lowest BCUT2D eigenvalue weighted by atomic mass is 10.0. The van der Waals surface area contributed by atoms with Gasteiger partial charge in [0, 0.05) is 9.13 Å². The zero-order valence-corrected chi connectivity index (χ0v) is 12.2. The summed E-state index contributed by atoms with van der Waals surface area (Å²) in [6.07, 6.45) is 0. The summed E-state index contributed by atoms with van der Waals surface area (Å²) in [5.74, 6) is 1.12. The maximum atomic E-state index is 5.93. The van der Waals surface area contributed by atoms with Crippen LogP contribution in [0.25, 0.3) is 22.5 Å². The first-order valence-electron chi connectivity index (χ1n) is 5.82.